The van der Waals surface area contributed by atoms with Crippen LogP contribution < -0.4 is 10.6 Å². The second-order valence-electron chi connectivity index (χ2n) is 7.38. The van der Waals surface area contributed by atoms with Crippen LogP contribution in [0.5, 0.6) is 0 Å². The summed E-state index contributed by atoms with van der Waals surface area (Å²) < 4.78 is 3.83. The molecule has 0 atom stereocenters. The Morgan fingerprint density at radius 2 is 1.71 bits per heavy atom. The average Bonchev–Trinajstić information content (AvgIpc) is 3.11. The summed E-state index contributed by atoms with van der Waals surface area (Å²) in [6.07, 6.45) is 0.867. The molecular weight excluding hydrogens is 475 g/mol. The van der Waals surface area contributed by atoms with Gasteiger partial charge in [0.2, 0.25) is 0 Å². The van der Waals surface area contributed by atoms with Gasteiger partial charge in [-0.15, -0.1) is 0 Å². The first-order valence-corrected chi connectivity index (χ1v) is 11.4. The molecule has 0 saturated carbocycles. The molecule has 6 nitrogen and oxygen atoms in total. The molecule has 0 bridgehead atoms. The zero-order valence-corrected chi connectivity index (χ0v) is 21.0. The fourth-order valence-electron chi connectivity index (χ4n) is 3.32. The Balaban J connectivity index is 1.55. The number of aryl methyl sites for hydroxylation is 3. The topological polar surface area (TPSA) is 59.7 Å². The highest BCUT2D eigenvalue weighted by atomic mass is 35.5. The molecule has 10 heteroatoms. The first-order valence-electron chi connectivity index (χ1n) is 9.89. The van der Waals surface area contributed by atoms with Crippen molar-refractivity contribution in [3.05, 3.63) is 61.6 Å². The van der Waals surface area contributed by atoms with Gasteiger partial charge in [-0.3, -0.25) is 9.36 Å². The van der Waals surface area contributed by atoms with Crippen LogP contribution in [0.4, 0.5) is 5.69 Å². The number of hydrogen-bond acceptors (Lipinski definition) is 3. The fourth-order valence-corrected chi connectivity index (χ4v) is 4.13. The minimum atomic E-state index is 0.551. The Labute approximate surface area is 202 Å². The molecule has 2 N–H and O–H groups in total. The number of anilines is 1. The van der Waals surface area contributed by atoms with Gasteiger partial charge in [-0.05, 0) is 64.0 Å². The van der Waals surface area contributed by atoms with E-state index in [1.165, 1.54) is 0 Å². The number of rotatable bonds is 7. The van der Waals surface area contributed by atoms with Gasteiger partial charge in [0.15, 0.2) is 5.11 Å². The lowest BCUT2D eigenvalue weighted by Crippen LogP contribution is -2.30. The van der Waals surface area contributed by atoms with Gasteiger partial charge in [0.05, 0.1) is 40.0 Å². The SMILES string of the molecule is Cc1nn(CCCNC(=S)Nc2c(C)nn(Cc3ccc(Cl)cc3Cl)c2C)c(C)c1Cl. The van der Waals surface area contributed by atoms with E-state index in [1.807, 2.05) is 49.2 Å². The monoisotopic (exact) mass is 498 g/mol. The third-order valence-electron chi connectivity index (χ3n) is 5.08. The largest absolute Gasteiger partial charge is 0.362 e. The van der Waals surface area contributed by atoms with E-state index in [2.05, 4.69) is 20.8 Å². The average molecular weight is 500 g/mol. The van der Waals surface area contributed by atoms with E-state index in [4.69, 9.17) is 47.0 Å². The second kappa shape index (κ2) is 10.2. The van der Waals surface area contributed by atoms with Crippen LogP contribution in [-0.2, 0) is 13.1 Å². The number of thiocarbonyl (C=S) groups is 1. The van der Waals surface area contributed by atoms with Gasteiger partial charge >= 0.3 is 0 Å². The Morgan fingerprint density at radius 1 is 1.00 bits per heavy atom. The van der Waals surface area contributed by atoms with Gasteiger partial charge in [-0.2, -0.15) is 10.2 Å². The van der Waals surface area contributed by atoms with Gasteiger partial charge in [0.25, 0.3) is 0 Å². The molecule has 1 aromatic carbocycles. The molecule has 0 aliphatic carbocycles. The number of nitrogens with zero attached hydrogens (tertiary/aromatic N) is 4. The van der Waals surface area contributed by atoms with Crippen molar-refractivity contribution in [3.8, 4) is 0 Å². The third kappa shape index (κ3) is 5.71. The van der Waals surface area contributed by atoms with Crippen molar-refractivity contribution in [1.82, 2.24) is 24.9 Å². The predicted molar refractivity (Wildman–Crippen MR) is 133 cm³/mol. The summed E-state index contributed by atoms with van der Waals surface area (Å²) in [6, 6.07) is 5.48. The third-order valence-corrected chi connectivity index (χ3v) is 6.46. The summed E-state index contributed by atoms with van der Waals surface area (Å²) in [5, 5.41) is 18.1. The van der Waals surface area contributed by atoms with E-state index in [0.717, 1.165) is 52.0 Å². The molecule has 3 aromatic rings. The van der Waals surface area contributed by atoms with E-state index >= 15 is 0 Å². The second-order valence-corrected chi connectivity index (χ2v) is 9.01. The van der Waals surface area contributed by atoms with Crippen LogP contribution in [-0.4, -0.2) is 31.2 Å². The zero-order chi connectivity index (χ0) is 22.7. The van der Waals surface area contributed by atoms with Crippen LogP contribution in [0.15, 0.2) is 18.2 Å². The van der Waals surface area contributed by atoms with Crippen LogP contribution >= 0.6 is 47.0 Å². The first kappa shape index (κ1) is 23.9. The van der Waals surface area contributed by atoms with Crippen molar-refractivity contribution in [2.75, 3.05) is 11.9 Å². The van der Waals surface area contributed by atoms with Gasteiger partial charge in [-0.1, -0.05) is 40.9 Å². The summed E-state index contributed by atoms with van der Waals surface area (Å²) in [5.74, 6) is 0. The summed E-state index contributed by atoms with van der Waals surface area (Å²) >= 11 is 24.0. The van der Waals surface area contributed by atoms with E-state index in [0.29, 0.717) is 28.2 Å². The lowest BCUT2D eigenvalue weighted by atomic mass is 10.2. The maximum absolute atomic E-state index is 6.31. The smallest absolute Gasteiger partial charge is 0.170 e. The fraction of sp³-hybridized carbons (Fsp3) is 0.381. The highest BCUT2D eigenvalue weighted by molar-refractivity contribution is 7.80. The zero-order valence-electron chi connectivity index (χ0n) is 17.9. The molecule has 0 saturated heterocycles. The van der Waals surface area contributed by atoms with E-state index < -0.39 is 0 Å². The Bertz CT molecular complexity index is 1110. The lowest BCUT2D eigenvalue weighted by Gasteiger charge is -2.12. The van der Waals surface area contributed by atoms with Gasteiger partial charge in [0.1, 0.15) is 0 Å². The molecule has 0 unspecified atom stereocenters. The summed E-state index contributed by atoms with van der Waals surface area (Å²) in [7, 11) is 0. The van der Waals surface area contributed by atoms with Crippen molar-refractivity contribution in [3.63, 3.8) is 0 Å². The molecule has 3 rings (SSSR count). The molecule has 166 valence electrons. The molecule has 0 aliphatic rings. The molecule has 31 heavy (non-hydrogen) atoms. The van der Waals surface area contributed by atoms with E-state index in [1.54, 1.807) is 6.07 Å². The number of benzene rings is 1. The van der Waals surface area contributed by atoms with Crippen LogP contribution in [0.2, 0.25) is 15.1 Å². The quantitative estimate of drug-likeness (QED) is 0.323. The maximum atomic E-state index is 6.31. The van der Waals surface area contributed by atoms with Crippen LogP contribution in [0.25, 0.3) is 0 Å². The van der Waals surface area contributed by atoms with Gasteiger partial charge in [0, 0.05) is 23.1 Å². The number of aromatic nitrogens is 4. The molecule has 0 amide bonds. The standard InChI is InChI=1S/C21H25Cl3N6S/c1-12-19(24)14(3)29(27-12)9-5-8-25-21(31)26-20-13(2)28-30(15(20)4)11-16-6-7-17(22)10-18(16)23/h6-7,10H,5,8-9,11H2,1-4H3,(H2,25,26,31). The van der Waals surface area contributed by atoms with Crippen molar-refractivity contribution < 1.29 is 0 Å². The van der Waals surface area contributed by atoms with E-state index in [-0.39, 0.29) is 0 Å². The Hall–Kier alpha value is -1.80. The van der Waals surface area contributed by atoms with E-state index in [9.17, 15) is 0 Å². The van der Waals surface area contributed by atoms with Crippen molar-refractivity contribution in [2.24, 2.45) is 0 Å². The molecule has 2 heterocycles. The molecule has 0 aliphatic heterocycles. The molecule has 0 fully saturated rings. The van der Waals surface area contributed by atoms with Crippen LogP contribution in [0.1, 0.15) is 34.8 Å². The maximum Gasteiger partial charge on any atom is 0.170 e. The van der Waals surface area contributed by atoms with Crippen LogP contribution in [0.3, 0.4) is 0 Å². The minimum absolute atomic E-state index is 0.551. The van der Waals surface area contributed by atoms with Crippen molar-refractivity contribution in [2.45, 2.75) is 47.2 Å². The normalized spacial score (nSPS) is 11.1. The minimum Gasteiger partial charge on any atom is -0.362 e. The molecular formula is C21H25Cl3N6S. The lowest BCUT2D eigenvalue weighted by molar-refractivity contribution is 0.558. The number of nitrogens with one attached hydrogen (secondary N) is 2. The highest BCUT2D eigenvalue weighted by Gasteiger charge is 2.14. The van der Waals surface area contributed by atoms with Crippen molar-refractivity contribution >= 4 is 57.8 Å². The van der Waals surface area contributed by atoms with Gasteiger partial charge in [-0.25, -0.2) is 0 Å². The molecule has 0 spiro atoms. The van der Waals surface area contributed by atoms with Crippen molar-refractivity contribution in [1.29, 1.82) is 0 Å². The van der Waals surface area contributed by atoms with Crippen LogP contribution in [0, 0.1) is 27.7 Å². The van der Waals surface area contributed by atoms with Gasteiger partial charge < -0.3 is 10.6 Å². The highest BCUT2D eigenvalue weighted by Crippen LogP contribution is 2.25. The summed E-state index contributed by atoms with van der Waals surface area (Å²) in [4.78, 5) is 0. The first-order chi connectivity index (χ1) is 14.7. The molecule has 0 radical (unpaired) electrons. The number of halogens is 3. The Morgan fingerprint density at radius 3 is 2.35 bits per heavy atom. The summed E-state index contributed by atoms with van der Waals surface area (Å²) in [6.45, 7) is 9.88. The Kier molecular flexibility index (Phi) is 7.86. The summed E-state index contributed by atoms with van der Waals surface area (Å²) in [5.41, 5.74) is 5.53. The predicted octanol–water partition coefficient (Wildman–Crippen LogP) is 5.70. The number of hydrogen-bond donors (Lipinski definition) is 2. The molecule has 2 aromatic heterocycles.